The van der Waals surface area contributed by atoms with Crippen LogP contribution in [0.1, 0.15) is 45.7 Å². The Kier molecular flexibility index (Phi) is 4.33. The Morgan fingerprint density at radius 2 is 1.97 bits per heavy atom. The zero-order chi connectivity index (χ0) is 21.0. The van der Waals surface area contributed by atoms with E-state index in [2.05, 4.69) is 37.8 Å². The molecule has 2 aliphatic heterocycles. The highest BCUT2D eigenvalue weighted by Crippen LogP contribution is 2.55. The van der Waals surface area contributed by atoms with Crippen molar-refractivity contribution in [3.8, 4) is 11.5 Å². The Bertz CT molecular complexity index is 1010. The third-order valence-corrected chi connectivity index (χ3v) is 5.88. The van der Waals surface area contributed by atoms with Crippen molar-refractivity contribution in [2.45, 2.75) is 51.9 Å². The fourth-order valence-corrected chi connectivity index (χ4v) is 4.47. The largest absolute Gasteiger partial charge is 0.491 e. The summed E-state index contributed by atoms with van der Waals surface area (Å²) in [4.78, 5) is 13.0. The van der Waals surface area contributed by atoms with Gasteiger partial charge in [-0.25, -0.2) is 0 Å². The maximum absolute atomic E-state index is 11.1. The molecule has 0 radical (unpaired) electrons. The van der Waals surface area contributed by atoms with Gasteiger partial charge in [0.05, 0.1) is 16.4 Å². The monoisotopic (exact) mass is 394 g/mol. The highest BCUT2D eigenvalue weighted by atomic mass is 16.6. The number of benzene rings is 2. The van der Waals surface area contributed by atoms with E-state index in [4.69, 9.17) is 9.47 Å². The molecule has 2 aromatic carbocycles. The van der Waals surface area contributed by atoms with Crippen molar-refractivity contribution in [2.75, 3.05) is 11.4 Å². The van der Waals surface area contributed by atoms with Crippen molar-refractivity contribution in [2.24, 2.45) is 0 Å². The first-order valence-corrected chi connectivity index (χ1v) is 9.95. The first kappa shape index (κ1) is 19.3. The summed E-state index contributed by atoms with van der Waals surface area (Å²) in [5.41, 5.74) is 1.96. The molecule has 0 amide bonds. The van der Waals surface area contributed by atoms with E-state index < -0.39 is 5.72 Å². The molecule has 0 saturated heterocycles. The van der Waals surface area contributed by atoms with Crippen molar-refractivity contribution < 1.29 is 14.4 Å². The van der Waals surface area contributed by atoms with Crippen molar-refractivity contribution in [1.29, 1.82) is 0 Å². The second-order valence-electron chi connectivity index (χ2n) is 8.33. The molecule has 2 heterocycles. The molecule has 2 aromatic rings. The first-order chi connectivity index (χ1) is 13.7. The number of likely N-dealkylation sites (N-methyl/N-ethyl adjacent to an activating group) is 1. The smallest absolute Gasteiger partial charge is 0.270 e. The van der Waals surface area contributed by atoms with Gasteiger partial charge in [-0.1, -0.05) is 0 Å². The van der Waals surface area contributed by atoms with Gasteiger partial charge in [-0.05, 0) is 76.6 Å². The van der Waals surface area contributed by atoms with Gasteiger partial charge in [0.1, 0.15) is 11.5 Å². The van der Waals surface area contributed by atoms with Crippen LogP contribution in [0.15, 0.2) is 42.5 Å². The Labute approximate surface area is 170 Å². The molecule has 6 heteroatoms. The topological polar surface area (TPSA) is 64.8 Å². The van der Waals surface area contributed by atoms with Gasteiger partial charge in [-0.3, -0.25) is 10.1 Å². The van der Waals surface area contributed by atoms with Crippen LogP contribution in [0, 0.1) is 10.1 Å². The molecule has 1 unspecified atom stereocenters. The third kappa shape index (κ3) is 2.77. The predicted molar refractivity (Wildman–Crippen MR) is 114 cm³/mol. The molecule has 0 fully saturated rings. The fourth-order valence-electron chi connectivity index (χ4n) is 4.47. The summed E-state index contributed by atoms with van der Waals surface area (Å²) >= 11 is 0. The molecule has 4 rings (SSSR count). The van der Waals surface area contributed by atoms with Gasteiger partial charge in [0.25, 0.3) is 5.69 Å². The quantitative estimate of drug-likeness (QED) is 0.520. The zero-order valence-corrected chi connectivity index (χ0v) is 17.4. The number of nitrogens with zero attached hydrogens (tertiary/aromatic N) is 2. The lowest BCUT2D eigenvalue weighted by atomic mass is 9.76. The molecule has 1 spiro atoms. The normalized spacial score (nSPS) is 21.1. The van der Waals surface area contributed by atoms with Gasteiger partial charge in [0.15, 0.2) is 0 Å². The summed E-state index contributed by atoms with van der Waals surface area (Å²) in [6.07, 6.45) is 4.07. The lowest BCUT2D eigenvalue weighted by Gasteiger charge is -2.46. The molecule has 0 bridgehead atoms. The summed E-state index contributed by atoms with van der Waals surface area (Å²) in [7, 11) is 0. The number of nitro groups is 1. The van der Waals surface area contributed by atoms with E-state index in [9.17, 15) is 10.1 Å². The van der Waals surface area contributed by atoms with Gasteiger partial charge in [-0.15, -0.1) is 0 Å². The third-order valence-electron chi connectivity index (χ3n) is 5.88. The molecule has 0 aliphatic carbocycles. The van der Waals surface area contributed by atoms with Crippen LogP contribution < -0.4 is 14.4 Å². The van der Waals surface area contributed by atoms with Crippen LogP contribution in [0.4, 0.5) is 11.4 Å². The number of hydrogen-bond acceptors (Lipinski definition) is 5. The van der Waals surface area contributed by atoms with E-state index in [1.807, 2.05) is 32.1 Å². The summed E-state index contributed by atoms with van der Waals surface area (Å²) in [5.74, 6) is 1.49. The SMILES string of the molecule is CCN1c2ccc(OC(C)C)cc2C(C)(C)C12C=Cc1cc([N+](=O)[O-])ccc1O2. The highest BCUT2D eigenvalue weighted by molar-refractivity contribution is 5.73. The van der Waals surface area contributed by atoms with Crippen molar-refractivity contribution in [1.82, 2.24) is 0 Å². The van der Waals surface area contributed by atoms with E-state index in [-0.39, 0.29) is 22.1 Å². The first-order valence-electron chi connectivity index (χ1n) is 9.95. The van der Waals surface area contributed by atoms with E-state index in [0.717, 1.165) is 29.1 Å². The molecule has 0 saturated carbocycles. The molecular formula is C23H26N2O4. The Morgan fingerprint density at radius 3 is 2.62 bits per heavy atom. The van der Waals surface area contributed by atoms with Crippen LogP contribution >= 0.6 is 0 Å². The molecular weight excluding hydrogens is 368 g/mol. The summed E-state index contributed by atoms with van der Waals surface area (Å²) < 4.78 is 12.5. The minimum atomic E-state index is -0.719. The molecule has 6 nitrogen and oxygen atoms in total. The lowest BCUT2D eigenvalue weighted by Crippen LogP contribution is -2.59. The van der Waals surface area contributed by atoms with Crippen molar-refractivity contribution >= 4 is 17.5 Å². The molecule has 1 atom stereocenters. The van der Waals surface area contributed by atoms with Crippen LogP contribution in [0.5, 0.6) is 11.5 Å². The Morgan fingerprint density at radius 1 is 1.21 bits per heavy atom. The summed E-state index contributed by atoms with van der Waals surface area (Å²) in [5, 5.41) is 11.1. The fraction of sp³-hybridized carbons (Fsp3) is 0.391. The maximum Gasteiger partial charge on any atom is 0.270 e. The number of nitro benzene ring substituents is 1. The molecule has 0 aromatic heterocycles. The van der Waals surface area contributed by atoms with E-state index in [0.29, 0.717) is 5.75 Å². The molecule has 152 valence electrons. The summed E-state index contributed by atoms with van der Waals surface area (Å²) in [6, 6.07) is 10.9. The standard InChI is InChI=1S/C23H26N2O4/c1-6-24-20-9-8-18(28-15(2)3)14-19(20)22(4,5)23(24)12-11-16-13-17(25(26)27)7-10-21(16)29-23/h7-15H,6H2,1-5H3. The van der Waals surface area contributed by atoms with Crippen LogP contribution in [-0.2, 0) is 5.41 Å². The average molecular weight is 394 g/mol. The van der Waals surface area contributed by atoms with Gasteiger partial charge >= 0.3 is 0 Å². The zero-order valence-electron chi connectivity index (χ0n) is 17.4. The van der Waals surface area contributed by atoms with Crippen molar-refractivity contribution in [3.63, 3.8) is 0 Å². The highest BCUT2D eigenvalue weighted by Gasteiger charge is 2.58. The second kappa shape index (κ2) is 6.51. The van der Waals surface area contributed by atoms with Gasteiger partial charge < -0.3 is 14.4 Å². The molecule has 0 N–H and O–H groups in total. The molecule has 2 aliphatic rings. The van der Waals surface area contributed by atoms with E-state index >= 15 is 0 Å². The number of ether oxygens (including phenoxy) is 2. The van der Waals surface area contributed by atoms with E-state index in [1.54, 1.807) is 12.1 Å². The number of anilines is 1. The minimum Gasteiger partial charge on any atom is -0.491 e. The van der Waals surface area contributed by atoms with Crippen LogP contribution in [-0.4, -0.2) is 23.3 Å². The Hall–Kier alpha value is -3.02. The summed E-state index contributed by atoms with van der Waals surface area (Å²) in [6.45, 7) is 11.2. The number of non-ortho nitro benzene ring substituents is 1. The van der Waals surface area contributed by atoms with Gasteiger partial charge in [-0.2, -0.15) is 0 Å². The number of fused-ring (bicyclic) bond motifs is 2. The second-order valence-corrected chi connectivity index (χ2v) is 8.33. The maximum atomic E-state index is 11.1. The van der Waals surface area contributed by atoms with Crippen LogP contribution in [0.25, 0.3) is 6.08 Å². The van der Waals surface area contributed by atoms with Gasteiger partial charge in [0, 0.05) is 29.9 Å². The average Bonchev–Trinajstić information content (AvgIpc) is 2.84. The van der Waals surface area contributed by atoms with E-state index in [1.165, 1.54) is 6.07 Å². The van der Waals surface area contributed by atoms with Crippen LogP contribution in [0.3, 0.4) is 0 Å². The minimum absolute atomic E-state index is 0.0599. The lowest BCUT2D eigenvalue weighted by molar-refractivity contribution is -0.384. The predicted octanol–water partition coefficient (Wildman–Crippen LogP) is 5.30. The number of rotatable bonds is 4. The number of hydrogen-bond donors (Lipinski definition) is 0. The van der Waals surface area contributed by atoms with Crippen LogP contribution in [0.2, 0.25) is 0 Å². The molecule has 29 heavy (non-hydrogen) atoms. The van der Waals surface area contributed by atoms with Gasteiger partial charge in [0.2, 0.25) is 5.72 Å². The van der Waals surface area contributed by atoms with Crippen molar-refractivity contribution in [3.05, 3.63) is 63.7 Å². The Balaban J connectivity index is 1.81.